The van der Waals surface area contributed by atoms with Gasteiger partial charge < -0.3 is 10.6 Å². The molecule has 2 aromatic rings. The molecular weight excluding hydrogens is 230 g/mol. The summed E-state index contributed by atoms with van der Waals surface area (Å²) < 4.78 is 0. The van der Waals surface area contributed by atoms with Gasteiger partial charge in [-0.05, 0) is 24.6 Å². The molecule has 1 aromatic heterocycles. The number of hydrogen-bond acceptors (Lipinski definition) is 4. The van der Waals surface area contributed by atoms with Crippen molar-refractivity contribution in [3.05, 3.63) is 45.9 Å². The van der Waals surface area contributed by atoms with Gasteiger partial charge in [0, 0.05) is 30.9 Å². The van der Waals surface area contributed by atoms with Gasteiger partial charge in [-0.25, -0.2) is 4.98 Å². The minimum Gasteiger partial charge on any atom is -0.378 e. The fraction of sp³-hybridized carbons (Fsp3) is 0.308. The maximum absolute atomic E-state index is 6.19. The number of anilines is 1. The van der Waals surface area contributed by atoms with Crippen molar-refractivity contribution in [2.75, 3.05) is 19.0 Å². The molecule has 1 unspecified atom stereocenters. The molecule has 0 bridgehead atoms. The lowest BCUT2D eigenvalue weighted by Crippen LogP contribution is -2.12. The summed E-state index contributed by atoms with van der Waals surface area (Å²) in [5, 5.41) is 3.00. The topological polar surface area (TPSA) is 42.1 Å². The quantitative estimate of drug-likeness (QED) is 0.906. The van der Waals surface area contributed by atoms with E-state index in [1.807, 2.05) is 26.4 Å². The highest BCUT2D eigenvalue weighted by molar-refractivity contribution is 7.09. The first-order valence-corrected chi connectivity index (χ1v) is 6.41. The second-order valence-electron chi connectivity index (χ2n) is 4.29. The van der Waals surface area contributed by atoms with Crippen molar-refractivity contribution < 1.29 is 0 Å². The fourth-order valence-electron chi connectivity index (χ4n) is 1.64. The Hall–Kier alpha value is -1.39. The lowest BCUT2D eigenvalue weighted by molar-refractivity contribution is 0.852. The third-order valence-electron chi connectivity index (χ3n) is 2.67. The average molecular weight is 247 g/mol. The first kappa shape index (κ1) is 12.1. The van der Waals surface area contributed by atoms with Gasteiger partial charge in [-0.3, -0.25) is 0 Å². The van der Waals surface area contributed by atoms with Crippen molar-refractivity contribution >= 4 is 17.0 Å². The molecule has 3 nitrogen and oxygen atoms in total. The molecule has 0 fully saturated rings. The van der Waals surface area contributed by atoms with Gasteiger partial charge in [0.1, 0.15) is 5.01 Å². The molecule has 0 aliphatic heterocycles. The molecule has 2 rings (SSSR count). The van der Waals surface area contributed by atoms with Crippen LogP contribution in [0.3, 0.4) is 0 Å². The third kappa shape index (κ3) is 2.65. The van der Waals surface area contributed by atoms with Gasteiger partial charge in [0.2, 0.25) is 0 Å². The Labute approximate surface area is 106 Å². The van der Waals surface area contributed by atoms with Crippen LogP contribution in [0.2, 0.25) is 0 Å². The van der Waals surface area contributed by atoms with E-state index in [-0.39, 0.29) is 6.04 Å². The van der Waals surface area contributed by atoms with Crippen LogP contribution in [0.4, 0.5) is 5.69 Å². The summed E-state index contributed by atoms with van der Waals surface area (Å²) in [5.41, 5.74) is 9.50. The molecule has 0 saturated heterocycles. The minimum atomic E-state index is -0.120. The monoisotopic (exact) mass is 247 g/mol. The standard InChI is InChI=1S/C13H17N3S/c1-9-8-17-13(15-9)12(14)10-4-6-11(7-5-10)16(2)3/h4-8,12H,14H2,1-3H3. The van der Waals surface area contributed by atoms with Crippen molar-refractivity contribution in [3.8, 4) is 0 Å². The lowest BCUT2D eigenvalue weighted by Gasteiger charge is -2.14. The number of hydrogen-bond donors (Lipinski definition) is 1. The minimum absolute atomic E-state index is 0.120. The lowest BCUT2D eigenvalue weighted by atomic mass is 10.1. The Bertz CT molecular complexity index is 488. The number of nitrogens with two attached hydrogens (primary N) is 1. The van der Waals surface area contributed by atoms with Crippen LogP contribution in [-0.2, 0) is 0 Å². The summed E-state index contributed by atoms with van der Waals surface area (Å²) in [7, 11) is 4.05. The molecular formula is C13H17N3S. The Balaban J connectivity index is 2.22. The predicted octanol–water partition coefficient (Wildman–Crippen LogP) is 2.57. The van der Waals surface area contributed by atoms with Gasteiger partial charge in [-0.15, -0.1) is 11.3 Å². The molecule has 0 radical (unpaired) electrons. The number of rotatable bonds is 3. The van der Waals surface area contributed by atoms with Crippen LogP contribution in [0.5, 0.6) is 0 Å². The normalized spacial score (nSPS) is 12.5. The molecule has 1 atom stereocenters. The van der Waals surface area contributed by atoms with Crippen molar-refractivity contribution in [2.45, 2.75) is 13.0 Å². The molecule has 17 heavy (non-hydrogen) atoms. The van der Waals surface area contributed by atoms with E-state index in [0.29, 0.717) is 0 Å². The average Bonchev–Trinajstić information content (AvgIpc) is 2.75. The number of aromatic nitrogens is 1. The Morgan fingerprint density at radius 3 is 2.35 bits per heavy atom. The number of aryl methyl sites for hydroxylation is 1. The zero-order valence-corrected chi connectivity index (χ0v) is 11.2. The van der Waals surface area contributed by atoms with E-state index >= 15 is 0 Å². The number of thiazole rings is 1. The third-order valence-corrected chi connectivity index (χ3v) is 3.72. The van der Waals surface area contributed by atoms with E-state index in [2.05, 4.69) is 34.1 Å². The highest BCUT2D eigenvalue weighted by Crippen LogP contribution is 2.24. The molecule has 90 valence electrons. The van der Waals surface area contributed by atoms with Gasteiger partial charge in [-0.1, -0.05) is 12.1 Å². The molecule has 0 amide bonds. The second-order valence-corrected chi connectivity index (χ2v) is 5.18. The zero-order valence-electron chi connectivity index (χ0n) is 10.3. The van der Waals surface area contributed by atoms with E-state index in [1.54, 1.807) is 11.3 Å². The molecule has 0 aliphatic rings. The highest BCUT2D eigenvalue weighted by Gasteiger charge is 2.12. The number of benzene rings is 1. The van der Waals surface area contributed by atoms with Gasteiger partial charge >= 0.3 is 0 Å². The van der Waals surface area contributed by atoms with Crippen LogP contribution in [0.1, 0.15) is 22.3 Å². The maximum atomic E-state index is 6.19. The number of nitrogens with zero attached hydrogens (tertiary/aromatic N) is 2. The first-order chi connectivity index (χ1) is 8.08. The van der Waals surface area contributed by atoms with Crippen LogP contribution < -0.4 is 10.6 Å². The van der Waals surface area contributed by atoms with E-state index < -0.39 is 0 Å². The molecule has 0 spiro atoms. The van der Waals surface area contributed by atoms with Crippen LogP contribution in [0, 0.1) is 6.92 Å². The highest BCUT2D eigenvalue weighted by atomic mass is 32.1. The van der Waals surface area contributed by atoms with Crippen LogP contribution in [-0.4, -0.2) is 19.1 Å². The summed E-state index contributed by atoms with van der Waals surface area (Å²) in [6.07, 6.45) is 0. The summed E-state index contributed by atoms with van der Waals surface area (Å²) >= 11 is 1.62. The van der Waals surface area contributed by atoms with E-state index in [1.165, 1.54) is 5.69 Å². The molecule has 0 saturated carbocycles. The molecule has 0 aliphatic carbocycles. The Kier molecular flexibility index (Phi) is 3.45. The summed E-state index contributed by atoms with van der Waals surface area (Å²) in [5.74, 6) is 0. The van der Waals surface area contributed by atoms with Crippen molar-refractivity contribution in [3.63, 3.8) is 0 Å². The predicted molar refractivity (Wildman–Crippen MR) is 73.7 cm³/mol. The van der Waals surface area contributed by atoms with E-state index in [4.69, 9.17) is 5.73 Å². The molecule has 4 heteroatoms. The van der Waals surface area contributed by atoms with E-state index in [9.17, 15) is 0 Å². The summed E-state index contributed by atoms with van der Waals surface area (Å²) in [4.78, 5) is 6.50. The first-order valence-electron chi connectivity index (χ1n) is 5.53. The maximum Gasteiger partial charge on any atom is 0.114 e. The van der Waals surface area contributed by atoms with Gasteiger partial charge in [0.05, 0.1) is 6.04 Å². The van der Waals surface area contributed by atoms with Crippen LogP contribution >= 0.6 is 11.3 Å². The summed E-state index contributed by atoms with van der Waals surface area (Å²) in [6.45, 7) is 1.99. The largest absolute Gasteiger partial charge is 0.378 e. The van der Waals surface area contributed by atoms with Gasteiger partial charge in [0.25, 0.3) is 0 Å². The molecule has 1 heterocycles. The Morgan fingerprint density at radius 2 is 1.88 bits per heavy atom. The smallest absolute Gasteiger partial charge is 0.114 e. The van der Waals surface area contributed by atoms with E-state index in [0.717, 1.165) is 16.3 Å². The summed E-state index contributed by atoms with van der Waals surface area (Å²) in [6, 6.07) is 8.17. The zero-order chi connectivity index (χ0) is 12.4. The SMILES string of the molecule is Cc1csc(C(N)c2ccc(N(C)C)cc2)n1. The molecule has 1 aromatic carbocycles. The van der Waals surface area contributed by atoms with Crippen LogP contribution in [0.25, 0.3) is 0 Å². The molecule has 2 N–H and O–H groups in total. The van der Waals surface area contributed by atoms with Crippen LogP contribution in [0.15, 0.2) is 29.6 Å². The second kappa shape index (κ2) is 4.85. The Morgan fingerprint density at radius 1 is 1.24 bits per heavy atom. The van der Waals surface area contributed by atoms with Gasteiger partial charge in [0.15, 0.2) is 0 Å². The van der Waals surface area contributed by atoms with Crippen molar-refractivity contribution in [2.24, 2.45) is 5.73 Å². The van der Waals surface area contributed by atoms with Crippen molar-refractivity contribution in [1.82, 2.24) is 4.98 Å². The van der Waals surface area contributed by atoms with Crippen molar-refractivity contribution in [1.29, 1.82) is 0 Å². The fourth-order valence-corrected chi connectivity index (χ4v) is 2.46. The van der Waals surface area contributed by atoms with Gasteiger partial charge in [-0.2, -0.15) is 0 Å².